The van der Waals surface area contributed by atoms with Gasteiger partial charge in [0, 0.05) is 6.20 Å². The van der Waals surface area contributed by atoms with E-state index in [1.165, 1.54) is 12.3 Å². The van der Waals surface area contributed by atoms with E-state index in [2.05, 4.69) is 4.98 Å². The Morgan fingerprint density at radius 1 is 1.69 bits per heavy atom. The van der Waals surface area contributed by atoms with Crippen molar-refractivity contribution in [2.75, 3.05) is 12.3 Å². The maximum absolute atomic E-state index is 10.5. The standard InChI is InChI=1S/C8H11N3O2/c9-7(4-13)5-1-6(3-12)8(10)11-2-5/h1-3,7,13H,4,9H2,(H2,10,11)/t7-/m0/s1. The monoisotopic (exact) mass is 181 g/mol. The lowest BCUT2D eigenvalue weighted by Gasteiger charge is -2.08. The summed E-state index contributed by atoms with van der Waals surface area (Å²) in [6, 6.07) is 1.00. The molecule has 0 amide bonds. The maximum Gasteiger partial charge on any atom is 0.153 e. The van der Waals surface area contributed by atoms with Gasteiger partial charge in [-0.25, -0.2) is 4.98 Å². The smallest absolute Gasteiger partial charge is 0.153 e. The molecule has 5 heteroatoms. The van der Waals surface area contributed by atoms with Crippen LogP contribution < -0.4 is 11.5 Å². The number of aliphatic hydroxyl groups is 1. The second-order valence-corrected chi connectivity index (χ2v) is 2.65. The molecule has 0 aliphatic carbocycles. The first kappa shape index (κ1) is 9.63. The van der Waals surface area contributed by atoms with Gasteiger partial charge in [-0.05, 0) is 11.6 Å². The first-order valence-electron chi connectivity index (χ1n) is 3.76. The number of aromatic nitrogens is 1. The molecule has 1 heterocycles. The zero-order valence-corrected chi connectivity index (χ0v) is 6.97. The lowest BCUT2D eigenvalue weighted by Crippen LogP contribution is -2.15. The van der Waals surface area contributed by atoms with Gasteiger partial charge in [0.05, 0.1) is 18.2 Å². The SMILES string of the molecule is Nc1ncc([C@@H](N)CO)cc1C=O. The van der Waals surface area contributed by atoms with Crippen LogP contribution in [0.4, 0.5) is 5.82 Å². The molecule has 5 N–H and O–H groups in total. The highest BCUT2D eigenvalue weighted by Gasteiger charge is 2.07. The Labute approximate surface area is 75.4 Å². The molecule has 0 saturated heterocycles. The van der Waals surface area contributed by atoms with Gasteiger partial charge >= 0.3 is 0 Å². The number of nitrogens with two attached hydrogens (primary N) is 2. The van der Waals surface area contributed by atoms with Gasteiger partial charge in [0.2, 0.25) is 0 Å². The average molecular weight is 181 g/mol. The van der Waals surface area contributed by atoms with Crippen molar-refractivity contribution in [2.45, 2.75) is 6.04 Å². The van der Waals surface area contributed by atoms with Crippen molar-refractivity contribution in [2.24, 2.45) is 5.73 Å². The van der Waals surface area contributed by atoms with E-state index in [0.717, 1.165) is 0 Å². The van der Waals surface area contributed by atoms with E-state index in [-0.39, 0.29) is 12.4 Å². The highest BCUT2D eigenvalue weighted by Crippen LogP contribution is 2.13. The number of nitrogen functional groups attached to an aromatic ring is 1. The fourth-order valence-corrected chi connectivity index (χ4v) is 0.912. The lowest BCUT2D eigenvalue weighted by molar-refractivity contribution is 0.112. The number of carbonyl (C=O) groups is 1. The van der Waals surface area contributed by atoms with Crippen LogP contribution in [0, 0.1) is 0 Å². The summed E-state index contributed by atoms with van der Waals surface area (Å²) < 4.78 is 0. The number of aliphatic hydroxyl groups excluding tert-OH is 1. The highest BCUT2D eigenvalue weighted by atomic mass is 16.3. The van der Waals surface area contributed by atoms with E-state index in [1.807, 2.05) is 0 Å². The minimum atomic E-state index is -0.521. The lowest BCUT2D eigenvalue weighted by atomic mass is 10.1. The number of carbonyl (C=O) groups excluding carboxylic acids is 1. The normalized spacial score (nSPS) is 12.5. The van der Waals surface area contributed by atoms with Gasteiger partial charge in [-0.1, -0.05) is 0 Å². The van der Waals surface area contributed by atoms with Crippen LogP contribution in [0.25, 0.3) is 0 Å². The van der Waals surface area contributed by atoms with Gasteiger partial charge in [-0.3, -0.25) is 4.79 Å². The van der Waals surface area contributed by atoms with Crippen molar-refractivity contribution in [3.8, 4) is 0 Å². The zero-order chi connectivity index (χ0) is 9.84. The highest BCUT2D eigenvalue weighted by molar-refractivity contribution is 5.81. The van der Waals surface area contributed by atoms with Crippen molar-refractivity contribution < 1.29 is 9.90 Å². The number of hydrogen-bond donors (Lipinski definition) is 3. The molecule has 0 bridgehead atoms. The van der Waals surface area contributed by atoms with E-state index in [4.69, 9.17) is 16.6 Å². The second-order valence-electron chi connectivity index (χ2n) is 2.65. The van der Waals surface area contributed by atoms with Crippen molar-refractivity contribution in [1.82, 2.24) is 4.98 Å². The minimum absolute atomic E-state index is 0.170. The quantitative estimate of drug-likeness (QED) is 0.544. The van der Waals surface area contributed by atoms with Crippen LogP contribution >= 0.6 is 0 Å². The van der Waals surface area contributed by atoms with Crippen LogP contribution in [0.1, 0.15) is 22.0 Å². The van der Waals surface area contributed by atoms with Crippen LogP contribution in [0.5, 0.6) is 0 Å². The molecule has 0 aliphatic rings. The number of anilines is 1. The molecule has 1 atom stereocenters. The van der Waals surface area contributed by atoms with Crippen molar-refractivity contribution in [3.05, 3.63) is 23.4 Å². The van der Waals surface area contributed by atoms with Gasteiger partial charge in [0.15, 0.2) is 6.29 Å². The molecule has 0 spiro atoms. The third kappa shape index (κ3) is 2.01. The molecule has 70 valence electrons. The third-order valence-electron chi connectivity index (χ3n) is 1.72. The number of nitrogens with zero attached hydrogens (tertiary/aromatic N) is 1. The minimum Gasteiger partial charge on any atom is -0.394 e. The topological polar surface area (TPSA) is 102 Å². The molecule has 1 aromatic rings. The number of aldehydes is 1. The Kier molecular flexibility index (Phi) is 2.94. The summed E-state index contributed by atoms with van der Waals surface area (Å²) in [7, 11) is 0. The maximum atomic E-state index is 10.5. The molecule has 0 fully saturated rings. The molecule has 13 heavy (non-hydrogen) atoms. The van der Waals surface area contributed by atoms with Crippen molar-refractivity contribution >= 4 is 12.1 Å². The Morgan fingerprint density at radius 2 is 2.38 bits per heavy atom. The van der Waals surface area contributed by atoms with Crippen molar-refractivity contribution in [3.63, 3.8) is 0 Å². The van der Waals surface area contributed by atoms with Crippen LogP contribution in [-0.4, -0.2) is 23.0 Å². The largest absolute Gasteiger partial charge is 0.394 e. The summed E-state index contributed by atoms with van der Waals surface area (Å²) in [6.07, 6.45) is 2.05. The predicted octanol–water partition coefficient (Wildman–Crippen LogP) is -0.532. The summed E-state index contributed by atoms with van der Waals surface area (Å²) in [5, 5.41) is 8.75. The van der Waals surface area contributed by atoms with E-state index in [1.54, 1.807) is 0 Å². The third-order valence-corrected chi connectivity index (χ3v) is 1.72. The second kappa shape index (κ2) is 3.97. The molecule has 0 aromatic carbocycles. The Bertz CT molecular complexity index is 314. The molecule has 0 unspecified atom stereocenters. The number of pyridine rings is 1. The van der Waals surface area contributed by atoms with Gasteiger partial charge in [0.25, 0.3) is 0 Å². The summed E-state index contributed by atoms with van der Waals surface area (Å²) in [5.74, 6) is 0.170. The van der Waals surface area contributed by atoms with Gasteiger partial charge in [-0.2, -0.15) is 0 Å². The molecule has 5 nitrogen and oxygen atoms in total. The van der Waals surface area contributed by atoms with E-state index in [9.17, 15) is 4.79 Å². The fraction of sp³-hybridized carbons (Fsp3) is 0.250. The molecule has 0 radical (unpaired) electrons. The molecule has 0 saturated carbocycles. The van der Waals surface area contributed by atoms with E-state index in [0.29, 0.717) is 17.4 Å². The van der Waals surface area contributed by atoms with Gasteiger partial charge in [0.1, 0.15) is 5.82 Å². The Hall–Kier alpha value is -1.46. The molecule has 0 aliphatic heterocycles. The summed E-state index contributed by atoms with van der Waals surface area (Å²) in [4.78, 5) is 14.2. The number of hydrogen-bond acceptors (Lipinski definition) is 5. The van der Waals surface area contributed by atoms with Crippen LogP contribution in [0.2, 0.25) is 0 Å². The Balaban J connectivity index is 3.05. The van der Waals surface area contributed by atoms with Gasteiger partial charge < -0.3 is 16.6 Å². The molecular weight excluding hydrogens is 170 g/mol. The van der Waals surface area contributed by atoms with Crippen LogP contribution in [-0.2, 0) is 0 Å². The van der Waals surface area contributed by atoms with E-state index >= 15 is 0 Å². The summed E-state index contributed by atoms with van der Waals surface area (Å²) in [6.45, 7) is -0.191. The molecule has 1 rings (SSSR count). The van der Waals surface area contributed by atoms with Gasteiger partial charge in [-0.15, -0.1) is 0 Å². The first-order chi connectivity index (χ1) is 6.19. The zero-order valence-electron chi connectivity index (χ0n) is 6.97. The van der Waals surface area contributed by atoms with Crippen LogP contribution in [0.15, 0.2) is 12.3 Å². The predicted molar refractivity (Wildman–Crippen MR) is 48.1 cm³/mol. The number of rotatable bonds is 3. The van der Waals surface area contributed by atoms with Crippen LogP contribution in [0.3, 0.4) is 0 Å². The molecule has 1 aromatic heterocycles. The average Bonchev–Trinajstić information content (AvgIpc) is 2.17. The van der Waals surface area contributed by atoms with Crippen molar-refractivity contribution in [1.29, 1.82) is 0 Å². The van der Waals surface area contributed by atoms with E-state index < -0.39 is 6.04 Å². The first-order valence-corrected chi connectivity index (χ1v) is 3.76. The summed E-state index contributed by atoms with van der Waals surface area (Å²) >= 11 is 0. The summed E-state index contributed by atoms with van der Waals surface area (Å²) in [5.41, 5.74) is 11.8. The Morgan fingerprint density at radius 3 is 2.92 bits per heavy atom. The molecular formula is C8H11N3O2. The fourth-order valence-electron chi connectivity index (χ4n) is 0.912.